The van der Waals surface area contributed by atoms with Gasteiger partial charge in [-0.1, -0.05) is 39.3 Å². The van der Waals surface area contributed by atoms with Crippen molar-refractivity contribution in [2.45, 2.75) is 53.6 Å². The third kappa shape index (κ3) is 6.73. The number of rotatable bonds is 10. The van der Waals surface area contributed by atoms with Gasteiger partial charge >= 0.3 is 0 Å². The van der Waals surface area contributed by atoms with Gasteiger partial charge in [-0.2, -0.15) is 0 Å². The molecule has 0 saturated carbocycles. The van der Waals surface area contributed by atoms with Gasteiger partial charge in [-0.05, 0) is 32.0 Å². The number of hydrogen-bond acceptors (Lipinski definition) is 4. The van der Waals surface area contributed by atoms with Crippen molar-refractivity contribution >= 4 is 0 Å². The van der Waals surface area contributed by atoms with E-state index in [0.717, 1.165) is 44.2 Å². The molecule has 1 aromatic heterocycles. The van der Waals surface area contributed by atoms with E-state index in [9.17, 15) is 0 Å². The summed E-state index contributed by atoms with van der Waals surface area (Å²) in [6.45, 7) is 13.7. The molecular weight excluding hydrogens is 238 g/mol. The lowest BCUT2D eigenvalue weighted by molar-refractivity contribution is 0.237. The van der Waals surface area contributed by atoms with Crippen molar-refractivity contribution < 1.29 is 4.52 Å². The lowest BCUT2D eigenvalue weighted by Gasteiger charge is -2.17. The minimum atomic E-state index is 0.663. The van der Waals surface area contributed by atoms with E-state index in [-0.39, 0.29) is 0 Å². The highest BCUT2D eigenvalue weighted by atomic mass is 16.5. The maximum Gasteiger partial charge on any atom is 0.151 e. The Hall–Kier alpha value is -0.870. The molecule has 1 rings (SSSR count). The van der Waals surface area contributed by atoms with Crippen LogP contribution in [0.3, 0.4) is 0 Å². The summed E-state index contributed by atoms with van der Waals surface area (Å²) >= 11 is 0. The van der Waals surface area contributed by atoms with Gasteiger partial charge in [0.05, 0.1) is 12.2 Å². The van der Waals surface area contributed by atoms with E-state index in [1.165, 1.54) is 12.8 Å². The molecule has 0 radical (unpaired) electrons. The third-order valence-corrected chi connectivity index (χ3v) is 3.12. The molecule has 0 unspecified atom stereocenters. The van der Waals surface area contributed by atoms with Crippen LogP contribution >= 0.6 is 0 Å². The Morgan fingerprint density at radius 3 is 2.79 bits per heavy atom. The number of nitrogens with one attached hydrogen (secondary N) is 1. The smallest absolute Gasteiger partial charge is 0.151 e. The van der Waals surface area contributed by atoms with Gasteiger partial charge in [-0.25, -0.2) is 0 Å². The molecular formula is C15H29N3O. The summed E-state index contributed by atoms with van der Waals surface area (Å²) in [6.07, 6.45) is 2.47. The van der Waals surface area contributed by atoms with Crippen molar-refractivity contribution in [3.8, 4) is 0 Å². The monoisotopic (exact) mass is 267 g/mol. The maximum absolute atomic E-state index is 5.40. The van der Waals surface area contributed by atoms with Crippen molar-refractivity contribution in [2.24, 2.45) is 5.92 Å². The van der Waals surface area contributed by atoms with Crippen molar-refractivity contribution in [1.82, 2.24) is 15.4 Å². The van der Waals surface area contributed by atoms with Crippen molar-refractivity contribution in [2.75, 3.05) is 19.6 Å². The van der Waals surface area contributed by atoms with Crippen LogP contribution in [0.4, 0.5) is 0 Å². The van der Waals surface area contributed by atoms with Crippen LogP contribution in [0, 0.1) is 5.92 Å². The standard InChI is InChI=1S/C15H29N3O/c1-5-7-8-18(6-2)12-15-9-14(17-19-15)11-16-10-13(3)4/h9,13,16H,5-8,10-12H2,1-4H3. The van der Waals surface area contributed by atoms with E-state index < -0.39 is 0 Å². The molecule has 0 bridgehead atoms. The van der Waals surface area contributed by atoms with Crippen LogP contribution in [0.15, 0.2) is 10.6 Å². The van der Waals surface area contributed by atoms with Crippen molar-refractivity contribution in [3.63, 3.8) is 0 Å². The fourth-order valence-corrected chi connectivity index (χ4v) is 1.95. The van der Waals surface area contributed by atoms with Crippen LogP contribution in [0.1, 0.15) is 52.0 Å². The Bertz CT molecular complexity index is 336. The van der Waals surface area contributed by atoms with Gasteiger partial charge in [0.25, 0.3) is 0 Å². The highest BCUT2D eigenvalue weighted by molar-refractivity contribution is 5.05. The first-order chi connectivity index (χ1) is 9.15. The molecule has 0 aromatic carbocycles. The fraction of sp³-hybridized carbons (Fsp3) is 0.800. The zero-order valence-corrected chi connectivity index (χ0v) is 12.9. The van der Waals surface area contributed by atoms with Crippen LogP contribution in [0.2, 0.25) is 0 Å². The first kappa shape index (κ1) is 16.2. The van der Waals surface area contributed by atoms with E-state index in [1.54, 1.807) is 0 Å². The summed E-state index contributed by atoms with van der Waals surface area (Å²) in [6, 6.07) is 2.07. The van der Waals surface area contributed by atoms with Gasteiger partial charge in [-0.15, -0.1) is 0 Å². The Kier molecular flexibility index (Phi) is 7.75. The van der Waals surface area contributed by atoms with Crippen LogP contribution < -0.4 is 5.32 Å². The normalized spacial score (nSPS) is 11.7. The second kappa shape index (κ2) is 9.10. The summed E-state index contributed by atoms with van der Waals surface area (Å²) < 4.78 is 5.40. The molecule has 0 aliphatic heterocycles. The summed E-state index contributed by atoms with van der Waals surface area (Å²) in [5, 5.41) is 7.50. The van der Waals surface area contributed by atoms with E-state index in [4.69, 9.17) is 4.52 Å². The first-order valence-corrected chi connectivity index (χ1v) is 7.53. The molecule has 0 aliphatic carbocycles. The topological polar surface area (TPSA) is 41.3 Å². The molecule has 0 spiro atoms. The predicted molar refractivity (Wildman–Crippen MR) is 78.9 cm³/mol. The minimum Gasteiger partial charge on any atom is -0.360 e. The first-order valence-electron chi connectivity index (χ1n) is 7.53. The fourth-order valence-electron chi connectivity index (χ4n) is 1.95. The average molecular weight is 267 g/mol. The minimum absolute atomic E-state index is 0.663. The van der Waals surface area contributed by atoms with Gasteiger partial charge in [0.2, 0.25) is 0 Å². The van der Waals surface area contributed by atoms with Crippen molar-refractivity contribution in [1.29, 1.82) is 0 Å². The van der Waals surface area contributed by atoms with Gasteiger partial charge in [-0.3, -0.25) is 4.90 Å². The SMILES string of the molecule is CCCCN(CC)Cc1cc(CNCC(C)C)no1. The summed E-state index contributed by atoms with van der Waals surface area (Å²) in [5.74, 6) is 1.63. The third-order valence-electron chi connectivity index (χ3n) is 3.12. The zero-order chi connectivity index (χ0) is 14.1. The molecule has 19 heavy (non-hydrogen) atoms. The van der Waals surface area contributed by atoms with Gasteiger partial charge < -0.3 is 9.84 Å². The number of unbranched alkanes of at least 4 members (excludes halogenated alkanes) is 1. The summed E-state index contributed by atoms with van der Waals surface area (Å²) in [4.78, 5) is 2.40. The van der Waals surface area contributed by atoms with Gasteiger partial charge in [0, 0.05) is 12.6 Å². The molecule has 110 valence electrons. The van der Waals surface area contributed by atoms with E-state index >= 15 is 0 Å². The number of aromatic nitrogens is 1. The Labute approximate surface area is 117 Å². The highest BCUT2D eigenvalue weighted by Gasteiger charge is 2.08. The van der Waals surface area contributed by atoms with Crippen LogP contribution in [0.25, 0.3) is 0 Å². The Balaban J connectivity index is 2.36. The second-order valence-electron chi connectivity index (χ2n) is 5.53. The van der Waals surface area contributed by atoms with E-state index in [2.05, 4.69) is 49.1 Å². The lowest BCUT2D eigenvalue weighted by atomic mass is 10.2. The van der Waals surface area contributed by atoms with E-state index in [1.807, 2.05) is 0 Å². The molecule has 0 aliphatic rings. The molecule has 0 amide bonds. The number of hydrogen-bond donors (Lipinski definition) is 1. The summed E-state index contributed by atoms with van der Waals surface area (Å²) in [7, 11) is 0. The highest BCUT2D eigenvalue weighted by Crippen LogP contribution is 2.08. The van der Waals surface area contributed by atoms with Gasteiger partial charge in [0.1, 0.15) is 0 Å². The molecule has 0 atom stereocenters. The molecule has 1 aromatic rings. The van der Waals surface area contributed by atoms with Crippen LogP contribution in [0.5, 0.6) is 0 Å². The average Bonchev–Trinajstić information content (AvgIpc) is 2.81. The molecule has 1 heterocycles. The Morgan fingerprint density at radius 2 is 2.16 bits per heavy atom. The second-order valence-corrected chi connectivity index (χ2v) is 5.53. The summed E-state index contributed by atoms with van der Waals surface area (Å²) in [5.41, 5.74) is 1.00. The van der Waals surface area contributed by atoms with Gasteiger partial charge in [0.15, 0.2) is 5.76 Å². The molecule has 4 nitrogen and oxygen atoms in total. The largest absolute Gasteiger partial charge is 0.360 e. The molecule has 1 N–H and O–H groups in total. The predicted octanol–water partition coefficient (Wildman–Crippen LogP) is 3.04. The quantitative estimate of drug-likeness (QED) is 0.707. The Morgan fingerprint density at radius 1 is 1.37 bits per heavy atom. The van der Waals surface area contributed by atoms with E-state index in [0.29, 0.717) is 5.92 Å². The maximum atomic E-state index is 5.40. The molecule has 4 heteroatoms. The lowest BCUT2D eigenvalue weighted by Crippen LogP contribution is -2.23. The molecule has 0 fully saturated rings. The van der Waals surface area contributed by atoms with Crippen molar-refractivity contribution in [3.05, 3.63) is 17.5 Å². The van der Waals surface area contributed by atoms with Crippen LogP contribution in [-0.2, 0) is 13.1 Å². The zero-order valence-electron chi connectivity index (χ0n) is 12.9. The number of nitrogens with zero attached hydrogens (tertiary/aromatic N) is 2. The molecule has 0 saturated heterocycles. The van der Waals surface area contributed by atoms with Crippen LogP contribution in [-0.4, -0.2) is 29.7 Å².